The topological polar surface area (TPSA) is 38.7 Å². The average Bonchev–Trinajstić information content (AvgIpc) is 2.52. The van der Waals surface area contributed by atoms with Crippen molar-refractivity contribution in [2.75, 3.05) is 13.2 Å². The van der Waals surface area contributed by atoms with Crippen LogP contribution in [0.3, 0.4) is 0 Å². The number of fused-ring (bicyclic) bond motifs is 3. The molecule has 0 bridgehead atoms. The minimum absolute atomic E-state index is 0.485. The van der Waals surface area contributed by atoms with Crippen LogP contribution in [0.5, 0.6) is 11.5 Å². The van der Waals surface area contributed by atoms with Gasteiger partial charge in [0.05, 0.1) is 6.10 Å². The standard InChI is InChI=1S/C13H15ClO3/c14-9-7-11-13(17-6-5-16-11)12-8(9)3-1-2-4-10(12)15/h7,10,15H,1-6H2/t10-/m1/s1. The smallest absolute Gasteiger partial charge is 0.167 e. The van der Waals surface area contributed by atoms with E-state index < -0.39 is 6.10 Å². The number of hydrogen-bond donors (Lipinski definition) is 1. The molecule has 1 atom stereocenters. The van der Waals surface area contributed by atoms with Crippen molar-refractivity contribution in [2.45, 2.75) is 31.8 Å². The van der Waals surface area contributed by atoms with Crippen LogP contribution in [0.1, 0.15) is 36.5 Å². The molecule has 4 heteroatoms. The van der Waals surface area contributed by atoms with E-state index in [2.05, 4.69) is 0 Å². The van der Waals surface area contributed by atoms with Gasteiger partial charge in [-0.05, 0) is 24.8 Å². The van der Waals surface area contributed by atoms with Crippen LogP contribution in [0.2, 0.25) is 5.02 Å². The quantitative estimate of drug-likeness (QED) is 0.724. The van der Waals surface area contributed by atoms with Gasteiger partial charge in [-0.15, -0.1) is 0 Å². The minimum atomic E-state index is -0.485. The van der Waals surface area contributed by atoms with Crippen molar-refractivity contribution >= 4 is 11.6 Å². The Morgan fingerprint density at radius 2 is 2.06 bits per heavy atom. The van der Waals surface area contributed by atoms with Gasteiger partial charge in [0.2, 0.25) is 0 Å². The first-order chi connectivity index (χ1) is 8.27. The van der Waals surface area contributed by atoms with Gasteiger partial charge in [0, 0.05) is 16.7 Å². The van der Waals surface area contributed by atoms with E-state index in [1.807, 2.05) is 6.07 Å². The normalized spacial score (nSPS) is 22.8. The highest BCUT2D eigenvalue weighted by Gasteiger charge is 2.28. The number of halogens is 1. The predicted octanol–water partition coefficient (Wildman–Crippen LogP) is 2.87. The second-order valence-electron chi connectivity index (χ2n) is 4.54. The highest BCUT2D eigenvalue weighted by molar-refractivity contribution is 6.31. The number of rotatable bonds is 0. The van der Waals surface area contributed by atoms with Crippen molar-refractivity contribution in [1.29, 1.82) is 0 Å². The molecule has 3 nitrogen and oxygen atoms in total. The molecule has 1 aromatic carbocycles. The lowest BCUT2D eigenvalue weighted by molar-refractivity contribution is 0.141. The summed E-state index contributed by atoms with van der Waals surface area (Å²) in [5.74, 6) is 1.37. The summed E-state index contributed by atoms with van der Waals surface area (Å²) in [6.45, 7) is 1.08. The molecular weight excluding hydrogens is 240 g/mol. The van der Waals surface area contributed by atoms with E-state index in [0.29, 0.717) is 29.7 Å². The molecule has 0 saturated carbocycles. The third kappa shape index (κ3) is 1.87. The fraction of sp³-hybridized carbons (Fsp3) is 0.538. The Hall–Kier alpha value is -0.930. The van der Waals surface area contributed by atoms with Crippen molar-refractivity contribution in [3.05, 3.63) is 22.2 Å². The third-order valence-electron chi connectivity index (χ3n) is 3.41. The molecule has 0 aromatic heterocycles. The van der Waals surface area contributed by atoms with Gasteiger partial charge in [-0.1, -0.05) is 18.0 Å². The van der Waals surface area contributed by atoms with Crippen LogP contribution in [-0.2, 0) is 6.42 Å². The van der Waals surface area contributed by atoms with Crippen LogP contribution < -0.4 is 9.47 Å². The summed E-state index contributed by atoms with van der Waals surface area (Å²) >= 11 is 6.27. The Morgan fingerprint density at radius 3 is 2.94 bits per heavy atom. The summed E-state index contributed by atoms with van der Waals surface area (Å²) in [5.41, 5.74) is 1.88. The molecule has 17 heavy (non-hydrogen) atoms. The summed E-state index contributed by atoms with van der Waals surface area (Å²) in [7, 11) is 0. The van der Waals surface area contributed by atoms with E-state index >= 15 is 0 Å². The molecule has 3 rings (SSSR count). The molecule has 1 aromatic rings. The van der Waals surface area contributed by atoms with Gasteiger partial charge >= 0.3 is 0 Å². The molecule has 92 valence electrons. The van der Waals surface area contributed by atoms with E-state index in [4.69, 9.17) is 21.1 Å². The van der Waals surface area contributed by atoms with Gasteiger partial charge in [0.25, 0.3) is 0 Å². The van der Waals surface area contributed by atoms with Crippen LogP contribution in [-0.4, -0.2) is 18.3 Å². The van der Waals surface area contributed by atoms with Gasteiger partial charge in [-0.2, -0.15) is 0 Å². The summed E-state index contributed by atoms with van der Waals surface area (Å²) in [6.07, 6.45) is 3.26. The molecule has 1 aliphatic carbocycles. The van der Waals surface area contributed by atoms with Crippen LogP contribution in [0.15, 0.2) is 6.07 Å². The van der Waals surface area contributed by atoms with Crippen molar-refractivity contribution in [3.63, 3.8) is 0 Å². The van der Waals surface area contributed by atoms with Crippen molar-refractivity contribution < 1.29 is 14.6 Å². The SMILES string of the molecule is O[C@@H]1CCCCc2c(Cl)cc3c(c21)OCCO3. The Balaban J connectivity index is 2.19. The fourth-order valence-electron chi connectivity index (χ4n) is 2.61. The van der Waals surface area contributed by atoms with Gasteiger partial charge in [0.1, 0.15) is 13.2 Å². The molecule has 0 spiro atoms. The first kappa shape index (κ1) is 11.2. The first-order valence-corrected chi connectivity index (χ1v) is 6.44. The highest BCUT2D eigenvalue weighted by atomic mass is 35.5. The van der Waals surface area contributed by atoms with Gasteiger partial charge in [0.15, 0.2) is 11.5 Å². The van der Waals surface area contributed by atoms with E-state index in [1.165, 1.54) is 0 Å². The van der Waals surface area contributed by atoms with E-state index in [9.17, 15) is 5.11 Å². The Bertz CT molecular complexity index is 445. The number of benzene rings is 1. The Labute approximate surface area is 105 Å². The molecule has 1 N–H and O–H groups in total. The number of aliphatic hydroxyl groups excluding tert-OH is 1. The van der Waals surface area contributed by atoms with Crippen LogP contribution in [0, 0.1) is 0 Å². The molecule has 0 unspecified atom stereocenters. The van der Waals surface area contributed by atoms with Crippen LogP contribution >= 0.6 is 11.6 Å². The average molecular weight is 255 g/mol. The Kier molecular flexibility index (Phi) is 2.89. The van der Waals surface area contributed by atoms with E-state index in [-0.39, 0.29) is 0 Å². The molecule has 1 aliphatic heterocycles. The van der Waals surface area contributed by atoms with Crippen molar-refractivity contribution in [2.24, 2.45) is 0 Å². The van der Waals surface area contributed by atoms with Crippen molar-refractivity contribution in [3.8, 4) is 11.5 Å². The maximum Gasteiger partial charge on any atom is 0.167 e. The van der Waals surface area contributed by atoms with Gasteiger partial charge in [-0.25, -0.2) is 0 Å². The van der Waals surface area contributed by atoms with Crippen LogP contribution in [0.25, 0.3) is 0 Å². The number of hydrogen-bond acceptors (Lipinski definition) is 3. The minimum Gasteiger partial charge on any atom is -0.486 e. The largest absolute Gasteiger partial charge is 0.486 e. The van der Waals surface area contributed by atoms with Crippen molar-refractivity contribution in [1.82, 2.24) is 0 Å². The molecule has 0 amide bonds. The molecule has 0 fully saturated rings. The maximum absolute atomic E-state index is 10.2. The molecule has 0 saturated heterocycles. The molecular formula is C13H15ClO3. The third-order valence-corrected chi connectivity index (χ3v) is 3.75. The molecule has 0 radical (unpaired) electrons. The van der Waals surface area contributed by atoms with E-state index in [0.717, 1.165) is 36.8 Å². The lowest BCUT2D eigenvalue weighted by atomic mass is 9.99. The second-order valence-corrected chi connectivity index (χ2v) is 4.94. The zero-order valence-electron chi connectivity index (χ0n) is 9.54. The first-order valence-electron chi connectivity index (χ1n) is 6.06. The summed E-state index contributed by atoms with van der Waals surface area (Å²) in [4.78, 5) is 0. The Morgan fingerprint density at radius 1 is 1.24 bits per heavy atom. The van der Waals surface area contributed by atoms with Crippen LogP contribution in [0.4, 0.5) is 0 Å². The maximum atomic E-state index is 10.2. The van der Waals surface area contributed by atoms with E-state index in [1.54, 1.807) is 0 Å². The van der Waals surface area contributed by atoms with Gasteiger partial charge in [-0.3, -0.25) is 0 Å². The predicted molar refractivity (Wildman–Crippen MR) is 65.0 cm³/mol. The lowest BCUT2D eigenvalue weighted by Gasteiger charge is -2.25. The zero-order chi connectivity index (χ0) is 11.8. The highest BCUT2D eigenvalue weighted by Crippen LogP contribution is 2.45. The zero-order valence-corrected chi connectivity index (χ0v) is 10.3. The number of ether oxygens (including phenoxy) is 2. The molecule has 1 heterocycles. The monoisotopic (exact) mass is 254 g/mol. The molecule has 2 aliphatic rings. The second kappa shape index (κ2) is 4.39. The lowest BCUT2D eigenvalue weighted by Crippen LogP contribution is -2.18. The number of aliphatic hydroxyl groups is 1. The fourth-order valence-corrected chi connectivity index (χ4v) is 2.90. The van der Waals surface area contributed by atoms with Gasteiger partial charge < -0.3 is 14.6 Å². The summed E-state index contributed by atoms with van der Waals surface area (Å²) in [5, 5.41) is 10.9. The summed E-state index contributed by atoms with van der Waals surface area (Å²) < 4.78 is 11.2. The summed E-state index contributed by atoms with van der Waals surface area (Å²) in [6, 6.07) is 1.81.